The fraction of sp³-hybridized carbons (Fsp3) is 0.385. The van der Waals surface area contributed by atoms with Crippen LogP contribution in [0, 0.1) is 0 Å². The van der Waals surface area contributed by atoms with Crippen molar-refractivity contribution in [2.24, 2.45) is 10.9 Å². The Hall–Kier alpha value is -3.02. The van der Waals surface area contributed by atoms with Crippen LogP contribution in [-0.4, -0.2) is 83.5 Å². The van der Waals surface area contributed by atoms with Gasteiger partial charge in [0.25, 0.3) is 11.8 Å². The number of carbonyl (C=O) groups excluding carboxylic acids is 4. The third kappa shape index (κ3) is 5.78. The number of nitrogens with zero attached hydrogens (tertiary/aromatic N) is 3. The second-order valence-corrected chi connectivity index (χ2v) is 8.02. The van der Waals surface area contributed by atoms with Crippen molar-refractivity contribution in [3.63, 3.8) is 0 Å². The Morgan fingerprint density at radius 2 is 2.13 bits per heavy atom. The monoisotopic (exact) mass is 498 g/mol. The molecule has 170 valence electrons. The van der Waals surface area contributed by atoms with Crippen molar-refractivity contribution >= 4 is 67.9 Å². The van der Waals surface area contributed by atoms with E-state index in [1.807, 2.05) is 0 Å². The predicted octanol–water partition coefficient (Wildman–Crippen LogP) is -1.74. The Kier molecular flexibility index (Phi) is 7.71. The first-order valence-electron chi connectivity index (χ1n) is 7.96. The summed E-state index contributed by atoms with van der Waals surface area (Å²) in [7, 11) is -3.86. The van der Waals surface area contributed by atoms with Crippen molar-refractivity contribution in [3.05, 3.63) is 11.1 Å². The summed E-state index contributed by atoms with van der Waals surface area (Å²) in [4.78, 5) is 55.5. The van der Waals surface area contributed by atoms with Gasteiger partial charge in [0, 0.05) is 5.38 Å². The van der Waals surface area contributed by atoms with Crippen molar-refractivity contribution in [1.29, 1.82) is 0 Å². The summed E-state index contributed by atoms with van der Waals surface area (Å²) in [6, 6.07) is -2.97. The average molecular weight is 499 g/mol. The number of ether oxygens (including phenoxy) is 1. The molecule has 1 saturated heterocycles. The first-order chi connectivity index (χ1) is 14.5. The number of aromatic nitrogens is 1. The number of alkyl halides is 1. The SMILES string of the molecule is CON=C(C(=O)NC1C(=O)N(S(=O)(=O)O)C1COC(N)=O)c1csc(NC(=O)CCl)n1. The number of nitrogens with two attached hydrogens (primary N) is 1. The molecule has 0 aromatic carbocycles. The summed E-state index contributed by atoms with van der Waals surface area (Å²) in [6.07, 6.45) is -1.27. The van der Waals surface area contributed by atoms with Gasteiger partial charge in [-0.25, -0.2) is 14.1 Å². The lowest BCUT2D eigenvalue weighted by atomic mass is 9.99. The number of nitrogens with one attached hydrogen (secondary N) is 2. The number of primary amides is 1. The number of amides is 4. The number of oxime groups is 1. The van der Waals surface area contributed by atoms with Gasteiger partial charge in [0.15, 0.2) is 10.8 Å². The molecule has 1 aromatic rings. The highest BCUT2D eigenvalue weighted by Gasteiger charge is 2.54. The standard InChI is InChI=1S/C13H15ClN6O9S2/c1-28-19-8(5-4-30-13(16-5)17-7(21)2-14)10(22)18-9-6(3-29-12(15)24)20(11(9)23)31(25,26)27/h4,6,9H,2-3H2,1H3,(H2,15,24)(H,18,22)(H,16,17,21)(H,25,26,27). The minimum Gasteiger partial charge on any atom is -0.447 e. The second-order valence-electron chi connectivity index (χ2n) is 5.60. The number of hydrogen-bond acceptors (Lipinski definition) is 11. The fourth-order valence-corrected chi connectivity index (χ4v) is 4.03. The largest absolute Gasteiger partial charge is 0.447 e. The summed E-state index contributed by atoms with van der Waals surface area (Å²) in [5.41, 5.74) is 4.36. The minimum absolute atomic E-state index is 0.0245. The molecule has 1 fully saturated rings. The van der Waals surface area contributed by atoms with Crippen LogP contribution in [0.25, 0.3) is 0 Å². The molecule has 0 saturated carbocycles. The Balaban J connectivity index is 2.21. The molecule has 0 aliphatic carbocycles. The fourth-order valence-electron chi connectivity index (χ4n) is 2.39. The average Bonchev–Trinajstić information content (AvgIpc) is 3.13. The van der Waals surface area contributed by atoms with Crippen LogP contribution >= 0.6 is 22.9 Å². The summed E-state index contributed by atoms with van der Waals surface area (Å²) in [5.74, 6) is -3.07. The number of halogens is 1. The Bertz CT molecular complexity index is 1030. The molecule has 2 atom stereocenters. The molecule has 2 heterocycles. The van der Waals surface area contributed by atoms with Crippen LogP contribution in [0.3, 0.4) is 0 Å². The highest BCUT2D eigenvalue weighted by atomic mass is 35.5. The molecule has 2 rings (SSSR count). The third-order valence-electron chi connectivity index (χ3n) is 3.61. The van der Waals surface area contributed by atoms with Crippen molar-refractivity contribution < 1.29 is 41.7 Å². The highest BCUT2D eigenvalue weighted by Crippen LogP contribution is 2.24. The van der Waals surface area contributed by atoms with Crippen LogP contribution in [0.4, 0.5) is 9.93 Å². The van der Waals surface area contributed by atoms with Crippen molar-refractivity contribution in [1.82, 2.24) is 14.6 Å². The zero-order valence-electron chi connectivity index (χ0n) is 15.5. The van der Waals surface area contributed by atoms with E-state index in [0.29, 0.717) is 0 Å². The van der Waals surface area contributed by atoms with Gasteiger partial charge in [-0.05, 0) is 0 Å². The minimum atomic E-state index is -4.99. The van der Waals surface area contributed by atoms with E-state index in [4.69, 9.17) is 21.9 Å². The lowest BCUT2D eigenvalue weighted by Gasteiger charge is -2.43. The van der Waals surface area contributed by atoms with Crippen LogP contribution in [0.2, 0.25) is 0 Å². The first-order valence-corrected chi connectivity index (χ1v) is 10.8. The summed E-state index contributed by atoms with van der Waals surface area (Å²) < 4.78 is 36.4. The van der Waals surface area contributed by atoms with E-state index in [1.165, 1.54) is 5.38 Å². The van der Waals surface area contributed by atoms with E-state index in [0.717, 1.165) is 18.4 Å². The van der Waals surface area contributed by atoms with E-state index in [1.54, 1.807) is 0 Å². The number of anilines is 1. The number of hydrogen-bond donors (Lipinski definition) is 4. The molecule has 15 nitrogen and oxygen atoms in total. The van der Waals surface area contributed by atoms with Gasteiger partial charge in [-0.1, -0.05) is 5.16 Å². The topological polar surface area (TPSA) is 220 Å². The van der Waals surface area contributed by atoms with Gasteiger partial charge >= 0.3 is 16.4 Å². The van der Waals surface area contributed by atoms with Gasteiger partial charge in [-0.2, -0.15) is 8.42 Å². The van der Waals surface area contributed by atoms with Gasteiger partial charge < -0.3 is 25.9 Å². The Labute approximate surface area is 183 Å². The number of thiazole rings is 1. The number of carbonyl (C=O) groups is 4. The molecule has 18 heteroatoms. The van der Waals surface area contributed by atoms with E-state index in [-0.39, 0.29) is 21.0 Å². The zero-order chi connectivity index (χ0) is 23.3. The van der Waals surface area contributed by atoms with Crippen LogP contribution < -0.4 is 16.4 Å². The molecule has 4 amide bonds. The van der Waals surface area contributed by atoms with Gasteiger partial charge in [0.05, 0.1) is 0 Å². The molecular weight excluding hydrogens is 484 g/mol. The summed E-state index contributed by atoms with van der Waals surface area (Å²) in [6.45, 7) is -0.728. The number of rotatable bonds is 9. The van der Waals surface area contributed by atoms with Gasteiger partial charge in [0.2, 0.25) is 5.91 Å². The molecule has 0 radical (unpaired) electrons. The van der Waals surface area contributed by atoms with E-state index in [2.05, 4.69) is 30.3 Å². The molecule has 1 aromatic heterocycles. The van der Waals surface area contributed by atoms with Crippen molar-refractivity contribution in [2.45, 2.75) is 12.1 Å². The Morgan fingerprint density at radius 3 is 2.68 bits per heavy atom. The van der Waals surface area contributed by atoms with Gasteiger partial charge in [0.1, 0.15) is 37.4 Å². The van der Waals surface area contributed by atoms with Crippen molar-refractivity contribution in [2.75, 3.05) is 24.9 Å². The maximum atomic E-state index is 12.6. The molecule has 1 aliphatic heterocycles. The molecule has 31 heavy (non-hydrogen) atoms. The third-order valence-corrected chi connectivity index (χ3v) is 5.56. The maximum Gasteiger partial charge on any atom is 0.404 e. The molecular formula is C13H15ClN6O9S2. The molecule has 0 bridgehead atoms. The zero-order valence-corrected chi connectivity index (χ0v) is 17.9. The Morgan fingerprint density at radius 1 is 1.45 bits per heavy atom. The second kappa shape index (κ2) is 9.86. The van der Waals surface area contributed by atoms with Crippen LogP contribution in [0.15, 0.2) is 10.5 Å². The van der Waals surface area contributed by atoms with E-state index in [9.17, 15) is 27.6 Å². The molecule has 2 unspecified atom stereocenters. The van der Waals surface area contributed by atoms with Gasteiger partial charge in [-0.15, -0.1) is 22.9 Å². The van der Waals surface area contributed by atoms with Crippen molar-refractivity contribution in [3.8, 4) is 0 Å². The van der Waals surface area contributed by atoms with E-state index < -0.39 is 58.5 Å². The normalized spacial score (nSPS) is 18.7. The quantitative estimate of drug-likeness (QED) is 0.0989. The summed E-state index contributed by atoms with van der Waals surface area (Å²) >= 11 is 6.33. The van der Waals surface area contributed by atoms with E-state index >= 15 is 0 Å². The van der Waals surface area contributed by atoms with Gasteiger partial charge in [-0.3, -0.25) is 18.9 Å². The molecule has 5 N–H and O–H groups in total. The van der Waals surface area contributed by atoms with Crippen LogP contribution in [0.1, 0.15) is 5.69 Å². The highest BCUT2D eigenvalue weighted by molar-refractivity contribution is 7.84. The summed E-state index contributed by atoms with van der Waals surface area (Å²) in [5, 5.41) is 9.53. The molecule has 1 aliphatic rings. The van der Waals surface area contributed by atoms with Crippen LogP contribution in [0.5, 0.6) is 0 Å². The maximum absolute atomic E-state index is 12.6. The first kappa shape index (κ1) is 24.3. The van der Waals surface area contributed by atoms with Crippen LogP contribution in [-0.2, 0) is 34.3 Å². The number of β-lactam (4-membered cyclic amide) rings is 1. The lowest BCUT2D eigenvalue weighted by molar-refractivity contribution is -0.146. The molecule has 0 spiro atoms. The smallest absolute Gasteiger partial charge is 0.404 e. The predicted molar refractivity (Wildman–Crippen MR) is 105 cm³/mol. The lowest BCUT2D eigenvalue weighted by Crippen LogP contribution is -2.73.